The Hall–Kier alpha value is -2.55. The van der Waals surface area contributed by atoms with Crippen LogP contribution in [0, 0.1) is 6.92 Å². The van der Waals surface area contributed by atoms with E-state index in [0.29, 0.717) is 19.0 Å². The van der Waals surface area contributed by atoms with E-state index in [1.54, 1.807) is 6.26 Å². The van der Waals surface area contributed by atoms with Gasteiger partial charge in [-0.2, -0.15) is 0 Å². The molecule has 7 heteroatoms. The molecular formula is C21H25IN4O2. The quantitative estimate of drug-likeness (QED) is 0.286. The molecule has 0 saturated heterocycles. The number of ether oxygens (including phenoxy) is 1. The lowest BCUT2D eigenvalue weighted by Crippen LogP contribution is -2.36. The van der Waals surface area contributed by atoms with Crippen molar-refractivity contribution in [1.82, 2.24) is 15.8 Å². The predicted molar refractivity (Wildman–Crippen MR) is 121 cm³/mol. The summed E-state index contributed by atoms with van der Waals surface area (Å²) in [5, 5.41) is 10.4. The molecule has 2 aromatic carbocycles. The van der Waals surface area contributed by atoms with Crippen molar-refractivity contribution in [3.8, 4) is 11.5 Å². The number of hydrogen-bond acceptors (Lipinski definition) is 4. The van der Waals surface area contributed by atoms with E-state index in [1.165, 1.54) is 0 Å². The third-order valence-electron chi connectivity index (χ3n) is 3.87. The van der Waals surface area contributed by atoms with Crippen LogP contribution in [0.1, 0.15) is 23.7 Å². The number of hydrogen-bond donors (Lipinski definition) is 2. The van der Waals surface area contributed by atoms with Gasteiger partial charge in [-0.1, -0.05) is 35.5 Å². The van der Waals surface area contributed by atoms with E-state index in [4.69, 9.17) is 9.26 Å². The van der Waals surface area contributed by atoms with Crippen LogP contribution >= 0.6 is 24.0 Å². The van der Waals surface area contributed by atoms with Gasteiger partial charge in [-0.05, 0) is 37.6 Å². The van der Waals surface area contributed by atoms with Crippen LogP contribution in [-0.2, 0) is 13.1 Å². The first-order chi connectivity index (χ1) is 13.2. The van der Waals surface area contributed by atoms with Crippen LogP contribution in [0.3, 0.4) is 0 Å². The van der Waals surface area contributed by atoms with Gasteiger partial charge in [0.1, 0.15) is 23.5 Å². The SMILES string of the molecule is CCNC(=NCc1ccc(C)cc1Oc1ccccc1)NCc1ccon1.I. The van der Waals surface area contributed by atoms with Gasteiger partial charge in [0.15, 0.2) is 5.96 Å². The van der Waals surface area contributed by atoms with Gasteiger partial charge in [-0.3, -0.25) is 0 Å². The molecule has 28 heavy (non-hydrogen) atoms. The van der Waals surface area contributed by atoms with Crippen molar-refractivity contribution in [2.45, 2.75) is 26.9 Å². The molecule has 3 aromatic rings. The monoisotopic (exact) mass is 492 g/mol. The first-order valence-corrected chi connectivity index (χ1v) is 8.98. The molecule has 6 nitrogen and oxygen atoms in total. The van der Waals surface area contributed by atoms with E-state index in [-0.39, 0.29) is 24.0 Å². The van der Waals surface area contributed by atoms with Crippen LogP contribution in [0.5, 0.6) is 11.5 Å². The van der Waals surface area contributed by atoms with E-state index in [0.717, 1.165) is 34.9 Å². The summed E-state index contributed by atoms with van der Waals surface area (Å²) in [6, 6.07) is 17.8. The molecule has 0 aliphatic heterocycles. The first kappa shape index (κ1) is 21.7. The smallest absolute Gasteiger partial charge is 0.191 e. The number of benzene rings is 2. The highest BCUT2D eigenvalue weighted by Crippen LogP contribution is 2.27. The largest absolute Gasteiger partial charge is 0.457 e. The van der Waals surface area contributed by atoms with Crippen molar-refractivity contribution < 1.29 is 9.26 Å². The fourth-order valence-electron chi connectivity index (χ4n) is 2.51. The maximum Gasteiger partial charge on any atom is 0.191 e. The van der Waals surface area contributed by atoms with Crippen LogP contribution in [-0.4, -0.2) is 17.7 Å². The Morgan fingerprint density at radius 2 is 1.93 bits per heavy atom. The minimum Gasteiger partial charge on any atom is -0.457 e. The van der Waals surface area contributed by atoms with Gasteiger partial charge in [-0.15, -0.1) is 24.0 Å². The fraction of sp³-hybridized carbons (Fsp3) is 0.238. The number of aromatic nitrogens is 1. The molecule has 2 N–H and O–H groups in total. The zero-order valence-electron chi connectivity index (χ0n) is 16.0. The topological polar surface area (TPSA) is 71.7 Å². The number of guanidine groups is 1. The molecule has 0 fully saturated rings. The zero-order chi connectivity index (χ0) is 18.9. The minimum absolute atomic E-state index is 0. The molecule has 0 amide bonds. The third kappa shape index (κ3) is 6.56. The molecule has 3 rings (SSSR count). The summed E-state index contributed by atoms with van der Waals surface area (Å²) in [6.07, 6.45) is 1.56. The van der Waals surface area contributed by atoms with Gasteiger partial charge in [0, 0.05) is 18.2 Å². The van der Waals surface area contributed by atoms with Crippen LogP contribution in [0.4, 0.5) is 0 Å². The van der Waals surface area contributed by atoms with Crippen molar-refractivity contribution in [2.75, 3.05) is 6.54 Å². The number of halogens is 1. The molecule has 1 aromatic heterocycles. The average Bonchev–Trinajstić information content (AvgIpc) is 3.20. The molecule has 1 heterocycles. The van der Waals surface area contributed by atoms with Gasteiger partial charge in [0.05, 0.1) is 13.1 Å². The normalized spacial score (nSPS) is 10.9. The summed E-state index contributed by atoms with van der Waals surface area (Å²) in [4.78, 5) is 4.67. The number of nitrogens with zero attached hydrogens (tertiary/aromatic N) is 2. The van der Waals surface area contributed by atoms with Crippen molar-refractivity contribution in [3.05, 3.63) is 77.7 Å². The summed E-state index contributed by atoms with van der Waals surface area (Å²) in [7, 11) is 0. The van der Waals surface area contributed by atoms with E-state index >= 15 is 0 Å². The highest BCUT2D eigenvalue weighted by Gasteiger charge is 2.07. The van der Waals surface area contributed by atoms with Crippen LogP contribution in [0.25, 0.3) is 0 Å². The van der Waals surface area contributed by atoms with Gasteiger partial charge in [0.2, 0.25) is 0 Å². The lowest BCUT2D eigenvalue weighted by molar-refractivity contribution is 0.410. The minimum atomic E-state index is 0. The number of rotatable bonds is 7. The lowest BCUT2D eigenvalue weighted by Gasteiger charge is -2.13. The predicted octanol–water partition coefficient (Wildman–Crippen LogP) is 4.65. The van der Waals surface area contributed by atoms with Crippen molar-refractivity contribution in [3.63, 3.8) is 0 Å². The molecule has 0 radical (unpaired) electrons. The second-order valence-electron chi connectivity index (χ2n) is 6.07. The van der Waals surface area contributed by atoms with Crippen LogP contribution in [0.2, 0.25) is 0 Å². The van der Waals surface area contributed by atoms with Gasteiger partial charge < -0.3 is 19.9 Å². The van der Waals surface area contributed by atoms with Gasteiger partial charge in [-0.25, -0.2) is 4.99 Å². The summed E-state index contributed by atoms with van der Waals surface area (Å²) in [5.74, 6) is 2.34. The Morgan fingerprint density at radius 3 is 2.64 bits per heavy atom. The number of aryl methyl sites for hydroxylation is 1. The van der Waals surface area contributed by atoms with E-state index in [2.05, 4.69) is 39.8 Å². The maximum atomic E-state index is 6.07. The standard InChI is InChI=1S/C21H24N4O2.HI/c1-3-22-21(24-15-18-11-12-26-25-18)23-14-17-10-9-16(2)13-20(17)27-19-7-5-4-6-8-19;/h4-13H,3,14-15H2,1-2H3,(H2,22,23,24);1H. The van der Waals surface area contributed by atoms with E-state index in [1.807, 2.05) is 49.4 Å². The Bertz CT molecular complexity index is 867. The molecule has 0 aliphatic carbocycles. The molecule has 0 spiro atoms. The fourth-order valence-corrected chi connectivity index (χ4v) is 2.51. The molecular weight excluding hydrogens is 467 g/mol. The highest BCUT2D eigenvalue weighted by molar-refractivity contribution is 14.0. The highest BCUT2D eigenvalue weighted by atomic mass is 127. The van der Waals surface area contributed by atoms with Gasteiger partial charge in [0.25, 0.3) is 0 Å². The molecule has 0 saturated carbocycles. The summed E-state index contributed by atoms with van der Waals surface area (Å²) < 4.78 is 10.9. The summed E-state index contributed by atoms with van der Waals surface area (Å²) >= 11 is 0. The second kappa shape index (κ2) is 11.3. The summed E-state index contributed by atoms with van der Waals surface area (Å²) in [5.41, 5.74) is 2.98. The van der Waals surface area contributed by atoms with Crippen molar-refractivity contribution >= 4 is 29.9 Å². The Balaban J connectivity index is 0.00000280. The molecule has 148 valence electrons. The average molecular weight is 492 g/mol. The lowest BCUT2D eigenvalue weighted by atomic mass is 10.1. The Kier molecular flexibility index (Phi) is 8.80. The molecule has 0 atom stereocenters. The Morgan fingerprint density at radius 1 is 1.11 bits per heavy atom. The number of para-hydroxylation sites is 1. The second-order valence-corrected chi connectivity index (χ2v) is 6.07. The first-order valence-electron chi connectivity index (χ1n) is 8.98. The maximum absolute atomic E-state index is 6.07. The Labute approximate surface area is 182 Å². The van der Waals surface area contributed by atoms with E-state index in [9.17, 15) is 0 Å². The van der Waals surface area contributed by atoms with Crippen LogP contribution < -0.4 is 15.4 Å². The third-order valence-corrected chi connectivity index (χ3v) is 3.87. The van der Waals surface area contributed by atoms with Crippen molar-refractivity contribution in [2.24, 2.45) is 4.99 Å². The van der Waals surface area contributed by atoms with Crippen LogP contribution in [0.15, 0.2) is 70.4 Å². The zero-order valence-corrected chi connectivity index (χ0v) is 18.3. The number of nitrogens with one attached hydrogen (secondary N) is 2. The molecule has 0 aliphatic rings. The number of aliphatic imine (C=N–C) groups is 1. The molecule has 0 unspecified atom stereocenters. The van der Waals surface area contributed by atoms with Gasteiger partial charge >= 0.3 is 0 Å². The molecule has 0 bridgehead atoms. The summed E-state index contributed by atoms with van der Waals surface area (Å²) in [6.45, 7) is 5.89. The van der Waals surface area contributed by atoms with E-state index < -0.39 is 0 Å². The van der Waals surface area contributed by atoms with Crippen molar-refractivity contribution in [1.29, 1.82) is 0 Å².